The van der Waals surface area contributed by atoms with Crippen molar-refractivity contribution in [3.05, 3.63) is 634 Å². The molecule has 0 atom stereocenters. The average molecular weight is 1910 g/mol. The van der Waals surface area contributed by atoms with Crippen LogP contribution in [-0.4, -0.2) is 0 Å². The third-order valence-electron chi connectivity index (χ3n) is 25.7. The smallest absolute Gasteiger partial charge is 0.0105 e. The van der Waals surface area contributed by atoms with Gasteiger partial charge in [-0.25, -0.2) is 0 Å². The highest BCUT2D eigenvalue weighted by molar-refractivity contribution is 5.97. The first-order valence-corrected chi connectivity index (χ1v) is 51.2. The minimum absolute atomic E-state index is 1.28. The highest BCUT2D eigenvalue weighted by Gasteiger charge is 2.10. The largest absolute Gasteiger partial charge is 0.0622 e. The molecule has 728 valence electrons. The van der Waals surface area contributed by atoms with Gasteiger partial charge in [0.15, 0.2) is 0 Å². The summed E-state index contributed by atoms with van der Waals surface area (Å²) in [6.07, 6.45) is 0. The summed E-state index contributed by atoms with van der Waals surface area (Å²) in [4.78, 5) is 0. The summed E-state index contributed by atoms with van der Waals surface area (Å²) in [5.74, 6) is 0. The summed E-state index contributed by atoms with van der Waals surface area (Å²) >= 11 is 0. The summed E-state index contributed by atoms with van der Waals surface area (Å²) < 4.78 is 0. The van der Waals surface area contributed by atoms with E-state index in [1.54, 1.807) is 0 Å². The van der Waals surface area contributed by atoms with Crippen molar-refractivity contribution in [2.45, 2.75) is 118 Å². The van der Waals surface area contributed by atoms with Crippen LogP contribution >= 0.6 is 0 Å². The summed E-state index contributed by atoms with van der Waals surface area (Å²) in [6, 6.07) is 190. The van der Waals surface area contributed by atoms with Crippen LogP contribution in [0.25, 0.3) is 132 Å². The molecule has 0 nitrogen and oxygen atoms in total. The van der Waals surface area contributed by atoms with Gasteiger partial charge in [-0.2, -0.15) is 0 Å². The van der Waals surface area contributed by atoms with Gasteiger partial charge in [0.1, 0.15) is 0 Å². The van der Waals surface area contributed by atoms with E-state index in [9.17, 15) is 0 Å². The lowest BCUT2D eigenvalue weighted by atomic mass is 9.93. The van der Waals surface area contributed by atoms with Crippen molar-refractivity contribution in [1.82, 2.24) is 0 Å². The van der Waals surface area contributed by atoms with Crippen LogP contribution in [0.4, 0.5) is 0 Å². The molecule has 0 radical (unpaired) electrons. The lowest BCUT2D eigenvalue weighted by molar-refractivity contribution is 1.32. The maximum atomic E-state index is 2.25. The molecular weight excluding hydrogens is 1770 g/mol. The molecule has 23 rings (SSSR count). The van der Waals surface area contributed by atoms with Crippen molar-refractivity contribution < 1.29 is 0 Å². The minimum atomic E-state index is 1.28. The Bertz CT molecular complexity index is 7850. The molecule has 23 aromatic carbocycles. The lowest BCUT2D eigenvalue weighted by Gasteiger charge is -2.11. The molecule has 0 aromatic heterocycles. The molecule has 0 aliphatic carbocycles. The zero-order valence-electron chi connectivity index (χ0n) is 88.9. The molecule has 0 unspecified atom stereocenters. The van der Waals surface area contributed by atoms with E-state index in [0.717, 1.165) is 0 Å². The highest BCUT2D eigenvalue weighted by atomic mass is 14.1. The quantitative estimate of drug-likeness (QED) is 0.142. The summed E-state index contributed by atoms with van der Waals surface area (Å²) in [6.45, 7) is 36.2. The number of hydrogen-bond acceptors (Lipinski definition) is 0. The molecule has 0 amide bonds. The topological polar surface area (TPSA) is 0 Å². The maximum Gasteiger partial charge on any atom is -0.0105 e. The van der Waals surface area contributed by atoms with Gasteiger partial charge in [-0.15, -0.1) is 0 Å². The van der Waals surface area contributed by atoms with Crippen LogP contribution in [0.2, 0.25) is 0 Å². The Hall–Kier alpha value is -16.9. The van der Waals surface area contributed by atoms with Crippen molar-refractivity contribution >= 4 is 43.1 Å². The molecule has 0 heterocycles. The number of aryl methyl sites for hydroxylation is 17. The zero-order chi connectivity index (χ0) is 104. The number of hydrogen-bond donors (Lipinski definition) is 0. The fourth-order valence-corrected chi connectivity index (χ4v) is 17.6. The molecule has 0 saturated carbocycles. The second-order valence-electron chi connectivity index (χ2n) is 38.4. The maximum absolute atomic E-state index is 2.25. The van der Waals surface area contributed by atoms with Crippen LogP contribution in [0, 0.1) is 118 Å². The second-order valence-corrected chi connectivity index (χ2v) is 38.4. The van der Waals surface area contributed by atoms with Gasteiger partial charge >= 0.3 is 0 Å². The monoisotopic (exact) mass is 1910 g/mol. The minimum Gasteiger partial charge on any atom is -0.0622 e. The Balaban J connectivity index is 0.000000136. The zero-order valence-corrected chi connectivity index (χ0v) is 88.9. The van der Waals surface area contributed by atoms with Crippen LogP contribution in [0.1, 0.15) is 94.6 Å². The number of rotatable bonds is 8. The molecule has 0 N–H and O–H groups in total. The summed E-state index contributed by atoms with van der Waals surface area (Å²) in [5.41, 5.74) is 43.3. The first-order valence-electron chi connectivity index (χ1n) is 51.2. The molecule has 0 heteroatoms. The van der Waals surface area contributed by atoms with Gasteiger partial charge < -0.3 is 0 Å². The molecule has 0 fully saturated rings. The van der Waals surface area contributed by atoms with E-state index in [1.165, 1.54) is 227 Å². The SMILES string of the molecule is Cc1ccc(-c2c(C)cc(C)cc2C)cc1.Cc1ccc(-c2cc(C)cc(C)c2)cc1.Cc1ccc(-c2ccc(C)cc2)cc1.Cc1ccc(-c2ccc3ccccc3c2)cc1.Cc1ccc(-c2cccc3ccccc23)cc1.Cc1ccc(-c2ccccc2)cc1.Cc1ccc2ccccc2c1.Cc1cccc(-c2ccccc2)c1.Cc1cccc2ccccc12.Cc1ccccc1.Cc1ccccc1-c1ccccc1. The first-order chi connectivity index (χ1) is 71.4. The standard InChI is InChI=1S/2C17H14.C16H18.C15H16.C14H14.3C13H12.2C11H10.C7H8/c1-13-9-11-15(12-10-13)17-8-4-6-14-5-2-3-7-16(14)17;1-13-6-8-15(9-7-13)17-11-10-14-4-2-3-5-16(14)12-17;1-11-5-7-15(8-6-11)16-13(3)9-12(2)10-14(16)4;1-11-4-6-14(7-5-11)15-9-12(2)8-13(3)10-15;1-11-3-7-13(8-4-11)14-9-5-12(2)6-10-14;1-11-7-5-6-10-13(11)12-8-3-2-4-9-12;1-11-6-5-9-13(10-11)12-7-3-2-4-8-12;1-11-7-9-13(10-8-11)12-5-3-2-4-6-12;1-9-5-4-7-10-6-2-3-8-11(9)10;1-9-6-7-10-4-2-3-5-11(10)8-9;1-7-5-3-2-4-6-7/h2*2-12H,1H3;5-10H,1-4H3;4-10H,1-3H3;3-10H,1-2H3;3*2-10H,1H3;2*2-8H,1H3;2-6H,1H3. The van der Waals surface area contributed by atoms with Crippen LogP contribution in [0.3, 0.4) is 0 Å². The van der Waals surface area contributed by atoms with E-state index >= 15 is 0 Å². The Morgan fingerprint density at radius 2 is 0.340 bits per heavy atom. The number of benzene rings is 23. The fourth-order valence-electron chi connectivity index (χ4n) is 17.6. The lowest BCUT2D eigenvalue weighted by Crippen LogP contribution is -1.90. The first kappa shape index (κ1) is 107. The molecule has 0 aliphatic rings. The molecule has 0 saturated heterocycles. The van der Waals surface area contributed by atoms with Gasteiger partial charge in [0.25, 0.3) is 0 Å². The van der Waals surface area contributed by atoms with Gasteiger partial charge in [-0.1, -0.05) is 606 Å². The fraction of sp³-hybridized carbons (Fsp3) is 0.116. The average Bonchev–Trinajstić information content (AvgIpc) is 0.809. The van der Waals surface area contributed by atoms with Gasteiger partial charge in [0, 0.05) is 0 Å². The molecule has 0 spiro atoms. The Morgan fingerprint density at radius 3 is 0.776 bits per heavy atom. The van der Waals surface area contributed by atoms with E-state index in [-0.39, 0.29) is 0 Å². The Labute approximate surface area is 877 Å². The van der Waals surface area contributed by atoms with Crippen LogP contribution < -0.4 is 0 Å². The van der Waals surface area contributed by atoms with E-state index in [1.807, 2.05) is 36.4 Å². The molecule has 147 heavy (non-hydrogen) atoms. The molecular formula is C147H140. The predicted octanol–water partition coefficient (Wildman–Crippen LogP) is 41.7. The van der Waals surface area contributed by atoms with Crippen molar-refractivity contribution in [1.29, 1.82) is 0 Å². The predicted molar refractivity (Wildman–Crippen MR) is 645 cm³/mol. The third kappa shape index (κ3) is 33.9. The van der Waals surface area contributed by atoms with Gasteiger partial charge in [-0.3, -0.25) is 0 Å². The van der Waals surface area contributed by atoms with E-state index in [0.29, 0.717) is 0 Å². The Kier molecular flexibility index (Phi) is 40.7. The van der Waals surface area contributed by atoms with Crippen LogP contribution in [0.5, 0.6) is 0 Å². The van der Waals surface area contributed by atoms with E-state index in [4.69, 9.17) is 0 Å². The van der Waals surface area contributed by atoms with Crippen LogP contribution in [0.15, 0.2) is 540 Å². The molecule has 0 bridgehead atoms. The van der Waals surface area contributed by atoms with Crippen molar-refractivity contribution in [3.8, 4) is 89.0 Å². The third-order valence-corrected chi connectivity index (χ3v) is 25.7. The summed E-state index contributed by atoms with van der Waals surface area (Å²) in [5, 5.41) is 10.5. The number of fused-ring (bicyclic) bond motifs is 4. The van der Waals surface area contributed by atoms with Crippen LogP contribution in [-0.2, 0) is 0 Å². The van der Waals surface area contributed by atoms with Gasteiger partial charge in [-0.05, 0) is 278 Å². The molecule has 0 aliphatic heterocycles. The van der Waals surface area contributed by atoms with E-state index < -0.39 is 0 Å². The van der Waals surface area contributed by atoms with Crippen molar-refractivity contribution in [2.24, 2.45) is 0 Å². The van der Waals surface area contributed by atoms with Crippen molar-refractivity contribution in [2.75, 3.05) is 0 Å². The van der Waals surface area contributed by atoms with Gasteiger partial charge in [0.05, 0.1) is 0 Å². The second kappa shape index (κ2) is 55.7. The highest BCUT2D eigenvalue weighted by Crippen LogP contribution is 2.34. The summed E-state index contributed by atoms with van der Waals surface area (Å²) in [7, 11) is 0. The van der Waals surface area contributed by atoms with E-state index in [2.05, 4.69) is 621 Å². The van der Waals surface area contributed by atoms with Gasteiger partial charge in [0.2, 0.25) is 0 Å². The van der Waals surface area contributed by atoms with Crippen molar-refractivity contribution in [3.63, 3.8) is 0 Å². The molecule has 23 aromatic rings. The normalized spacial score (nSPS) is 10.2. The Morgan fingerprint density at radius 1 is 0.0952 bits per heavy atom.